The van der Waals surface area contributed by atoms with Crippen LogP contribution in [0.25, 0.3) is 0 Å². The van der Waals surface area contributed by atoms with Crippen LogP contribution in [0.1, 0.15) is 284 Å². The van der Waals surface area contributed by atoms with Crippen molar-refractivity contribution in [1.29, 1.82) is 0 Å². The molecule has 1 amide bonds. The second kappa shape index (κ2) is 50.0. The van der Waals surface area contributed by atoms with Crippen molar-refractivity contribution in [3.63, 3.8) is 0 Å². The number of aliphatic hydroxyl groups is 2. The third-order valence-corrected chi connectivity index (χ3v) is 12.2. The molecule has 0 aromatic heterocycles. The third-order valence-electron chi connectivity index (χ3n) is 12.2. The maximum absolute atomic E-state index is 12.5. The van der Waals surface area contributed by atoms with E-state index in [1.165, 1.54) is 186 Å². The fourth-order valence-corrected chi connectivity index (χ4v) is 8.15. The number of hydrogen-bond donors (Lipinski definition) is 3. The van der Waals surface area contributed by atoms with Crippen LogP contribution in [0.5, 0.6) is 0 Å². The number of allylic oxidation sites excluding steroid dienone is 4. The van der Waals surface area contributed by atoms with E-state index in [9.17, 15) is 19.8 Å². The molecule has 0 rings (SSSR count). The molecule has 0 heterocycles. The van der Waals surface area contributed by atoms with Crippen molar-refractivity contribution in [2.75, 3.05) is 13.2 Å². The summed E-state index contributed by atoms with van der Waals surface area (Å²) in [6.07, 6.45) is 58.6. The van der Waals surface area contributed by atoms with Gasteiger partial charge in [0.25, 0.3) is 0 Å². The van der Waals surface area contributed by atoms with Gasteiger partial charge >= 0.3 is 5.97 Å². The fourth-order valence-electron chi connectivity index (χ4n) is 8.15. The van der Waals surface area contributed by atoms with Crippen LogP contribution in [0.3, 0.4) is 0 Å². The maximum atomic E-state index is 12.5. The number of rotatable bonds is 49. The van der Waals surface area contributed by atoms with E-state index in [1.807, 2.05) is 0 Å². The second-order valence-electron chi connectivity index (χ2n) is 18.2. The summed E-state index contributed by atoms with van der Waals surface area (Å²) in [7, 11) is 0. The van der Waals surface area contributed by atoms with E-state index < -0.39 is 12.1 Å². The van der Waals surface area contributed by atoms with Gasteiger partial charge in [0, 0.05) is 12.8 Å². The Kier molecular flexibility index (Phi) is 48.6. The maximum Gasteiger partial charge on any atom is 0.305 e. The number of hydrogen-bond acceptors (Lipinski definition) is 5. The molecule has 0 aliphatic heterocycles. The summed E-state index contributed by atoms with van der Waals surface area (Å²) >= 11 is 0. The van der Waals surface area contributed by atoms with Crippen LogP contribution in [-0.2, 0) is 14.3 Å². The molecule has 0 saturated heterocycles. The quantitative estimate of drug-likeness (QED) is 0.0322. The highest BCUT2D eigenvalue weighted by Crippen LogP contribution is 2.17. The summed E-state index contributed by atoms with van der Waals surface area (Å²) in [6, 6.07) is -0.552. The SMILES string of the molecule is CCC/C=C\C/C=C\CCCCCCCC(=O)OCCCCCCCCCCCCCCCC(=O)NC(CO)C(O)CCCCCCCCCCCCCCCCCCC. The molecule has 0 aromatic carbocycles. The van der Waals surface area contributed by atoms with Crippen molar-refractivity contribution in [1.82, 2.24) is 5.32 Å². The highest BCUT2D eigenvalue weighted by Gasteiger charge is 2.20. The van der Waals surface area contributed by atoms with Gasteiger partial charge in [0.1, 0.15) is 0 Å². The summed E-state index contributed by atoms with van der Waals surface area (Å²) in [4.78, 5) is 24.5. The van der Waals surface area contributed by atoms with E-state index in [1.54, 1.807) is 0 Å². The lowest BCUT2D eigenvalue weighted by atomic mass is 10.0. The van der Waals surface area contributed by atoms with Crippen LogP contribution in [0.2, 0.25) is 0 Å². The van der Waals surface area contributed by atoms with E-state index in [0.29, 0.717) is 25.9 Å². The van der Waals surface area contributed by atoms with Crippen LogP contribution in [0, 0.1) is 0 Å². The molecule has 354 valence electrons. The molecule has 0 aromatic rings. The van der Waals surface area contributed by atoms with Gasteiger partial charge in [0.15, 0.2) is 0 Å². The first-order valence-corrected chi connectivity index (χ1v) is 26.6. The van der Waals surface area contributed by atoms with Crippen molar-refractivity contribution in [2.45, 2.75) is 296 Å². The minimum absolute atomic E-state index is 0.0206. The number of aliphatic hydroxyl groups excluding tert-OH is 2. The molecule has 0 aliphatic rings. The zero-order valence-electron chi connectivity index (χ0n) is 40.2. The minimum atomic E-state index is -0.673. The first kappa shape index (κ1) is 58.3. The molecule has 0 fully saturated rings. The number of ether oxygens (including phenoxy) is 1. The number of carbonyl (C=O) groups is 2. The van der Waals surface area contributed by atoms with E-state index in [2.05, 4.69) is 43.5 Å². The molecule has 0 bridgehead atoms. The smallest absolute Gasteiger partial charge is 0.305 e. The standard InChI is InChI=1S/C54H103NO5/c1-3-5-7-9-11-13-15-17-18-19-20-23-26-30-34-38-42-46-52(57)51(50-56)55-53(58)47-43-39-35-31-27-24-21-25-29-33-37-41-45-49-60-54(59)48-44-40-36-32-28-22-16-14-12-10-8-6-4-2/h8,10,14,16,51-52,56-57H,3-7,9,11-13,15,17-50H2,1-2H3,(H,55,58)/b10-8-,16-14-. The second-order valence-corrected chi connectivity index (χ2v) is 18.2. The largest absolute Gasteiger partial charge is 0.466 e. The summed E-state index contributed by atoms with van der Waals surface area (Å²) in [5.74, 6) is -0.0678. The van der Waals surface area contributed by atoms with Gasteiger partial charge in [-0.05, 0) is 51.4 Å². The molecule has 6 nitrogen and oxygen atoms in total. The first-order chi connectivity index (χ1) is 29.5. The molecule has 6 heteroatoms. The van der Waals surface area contributed by atoms with Crippen LogP contribution in [0.15, 0.2) is 24.3 Å². The molecule has 0 saturated carbocycles. The highest BCUT2D eigenvalue weighted by molar-refractivity contribution is 5.76. The van der Waals surface area contributed by atoms with Gasteiger partial charge in [-0.15, -0.1) is 0 Å². The van der Waals surface area contributed by atoms with Crippen LogP contribution in [0.4, 0.5) is 0 Å². The Bertz CT molecular complexity index is 935. The first-order valence-electron chi connectivity index (χ1n) is 26.6. The van der Waals surface area contributed by atoms with Crippen molar-refractivity contribution in [3.05, 3.63) is 24.3 Å². The summed E-state index contributed by atoms with van der Waals surface area (Å²) in [5, 5.41) is 23.3. The highest BCUT2D eigenvalue weighted by atomic mass is 16.5. The average molecular weight is 846 g/mol. The van der Waals surface area contributed by atoms with E-state index in [0.717, 1.165) is 64.2 Å². The number of carbonyl (C=O) groups excluding carboxylic acids is 2. The number of nitrogens with one attached hydrogen (secondary N) is 1. The monoisotopic (exact) mass is 846 g/mol. The van der Waals surface area contributed by atoms with Gasteiger partial charge in [0.05, 0.1) is 25.4 Å². The number of amides is 1. The Morgan fingerprint density at radius 1 is 0.467 bits per heavy atom. The predicted molar refractivity (Wildman–Crippen MR) is 260 cm³/mol. The van der Waals surface area contributed by atoms with Gasteiger partial charge in [-0.1, -0.05) is 244 Å². The van der Waals surface area contributed by atoms with Gasteiger partial charge in [-0.2, -0.15) is 0 Å². The Morgan fingerprint density at radius 2 is 0.867 bits per heavy atom. The van der Waals surface area contributed by atoms with E-state index >= 15 is 0 Å². The molecule has 0 radical (unpaired) electrons. The molecule has 0 aliphatic carbocycles. The van der Waals surface area contributed by atoms with E-state index in [-0.39, 0.29) is 18.5 Å². The Hall–Kier alpha value is -1.66. The molecule has 3 N–H and O–H groups in total. The Balaban J connectivity index is 3.46. The topological polar surface area (TPSA) is 95.9 Å². The van der Waals surface area contributed by atoms with Gasteiger partial charge in [-0.3, -0.25) is 9.59 Å². The lowest BCUT2D eigenvalue weighted by Gasteiger charge is -2.22. The van der Waals surface area contributed by atoms with Crippen LogP contribution >= 0.6 is 0 Å². The van der Waals surface area contributed by atoms with Gasteiger partial charge in [-0.25, -0.2) is 0 Å². The molecule has 2 atom stereocenters. The Labute approximate surface area is 373 Å². The predicted octanol–water partition coefficient (Wildman–Crippen LogP) is 15.9. The zero-order chi connectivity index (χ0) is 43.7. The van der Waals surface area contributed by atoms with Crippen molar-refractivity contribution >= 4 is 11.9 Å². The van der Waals surface area contributed by atoms with Crippen LogP contribution < -0.4 is 5.32 Å². The lowest BCUT2D eigenvalue weighted by Crippen LogP contribution is -2.45. The summed E-state index contributed by atoms with van der Waals surface area (Å²) in [5.41, 5.74) is 0. The van der Waals surface area contributed by atoms with Crippen molar-refractivity contribution in [3.8, 4) is 0 Å². The number of esters is 1. The zero-order valence-corrected chi connectivity index (χ0v) is 40.2. The Morgan fingerprint density at radius 3 is 1.33 bits per heavy atom. The molecule has 0 spiro atoms. The fraction of sp³-hybridized carbons (Fsp3) is 0.889. The van der Waals surface area contributed by atoms with Gasteiger partial charge in [0.2, 0.25) is 5.91 Å². The lowest BCUT2D eigenvalue weighted by molar-refractivity contribution is -0.143. The van der Waals surface area contributed by atoms with E-state index in [4.69, 9.17) is 4.74 Å². The summed E-state index contributed by atoms with van der Waals surface area (Å²) < 4.78 is 5.45. The number of unbranched alkanes of at least 4 members (excludes halogenated alkanes) is 34. The third kappa shape index (κ3) is 45.9. The molecular weight excluding hydrogens is 743 g/mol. The van der Waals surface area contributed by atoms with Crippen LogP contribution in [-0.4, -0.2) is 47.4 Å². The minimum Gasteiger partial charge on any atom is -0.466 e. The normalized spacial score (nSPS) is 12.8. The van der Waals surface area contributed by atoms with Gasteiger partial charge < -0.3 is 20.3 Å². The average Bonchev–Trinajstić information content (AvgIpc) is 3.25. The molecule has 2 unspecified atom stereocenters. The molecule has 60 heavy (non-hydrogen) atoms. The molecular formula is C54H103NO5. The van der Waals surface area contributed by atoms with Crippen molar-refractivity contribution < 1.29 is 24.5 Å². The van der Waals surface area contributed by atoms with Crippen molar-refractivity contribution in [2.24, 2.45) is 0 Å². The summed E-state index contributed by atoms with van der Waals surface area (Å²) in [6.45, 7) is 4.86.